The zero-order valence-electron chi connectivity index (χ0n) is 12.1. The molecule has 0 bridgehead atoms. The summed E-state index contributed by atoms with van der Waals surface area (Å²) < 4.78 is 0. The van der Waals surface area contributed by atoms with Crippen molar-refractivity contribution in [2.45, 2.75) is 0 Å². The van der Waals surface area contributed by atoms with E-state index in [2.05, 4.69) is 29.1 Å². The van der Waals surface area contributed by atoms with E-state index < -0.39 is 0 Å². The van der Waals surface area contributed by atoms with Crippen molar-refractivity contribution in [2.24, 2.45) is 16.5 Å². The Bertz CT molecular complexity index is 602. The van der Waals surface area contributed by atoms with Crippen molar-refractivity contribution in [3.8, 4) is 0 Å². The van der Waals surface area contributed by atoms with Crippen molar-refractivity contribution in [1.29, 1.82) is 0 Å². The quantitative estimate of drug-likeness (QED) is 0.819. The van der Waals surface area contributed by atoms with Crippen molar-refractivity contribution < 1.29 is 0 Å². The zero-order chi connectivity index (χ0) is 15.2. The van der Waals surface area contributed by atoms with E-state index in [-0.39, 0.29) is 0 Å². The summed E-state index contributed by atoms with van der Waals surface area (Å²) in [5.41, 5.74) is 14.6. The van der Waals surface area contributed by atoms with Crippen LogP contribution >= 0.6 is 11.8 Å². The molecule has 1 aromatic carbocycles. The minimum atomic E-state index is 0.486. The highest BCUT2D eigenvalue weighted by atomic mass is 32.2. The lowest BCUT2D eigenvalue weighted by atomic mass is 10.1. The molecule has 0 aliphatic carbocycles. The molecule has 0 fully saturated rings. The van der Waals surface area contributed by atoms with Gasteiger partial charge in [0.05, 0.1) is 23.8 Å². The Kier molecular flexibility index (Phi) is 5.11. The minimum absolute atomic E-state index is 0.486. The van der Waals surface area contributed by atoms with Gasteiger partial charge in [-0.05, 0) is 22.6 Å². The minimum Gasteiger partial charge on any atom is -0.396 e. The van der Waals surface area contributed by atoms with Gasteiger partial charge in [-0.25, -0.2) is 0 Å². The van der Waals surface area contributed by atoms with Gasteiger partial charge in [-0.3, -0.25) is 4.99 Å². The highest BCUT2D eigenvalue weighted by molar-refractivity contribution is 8.16. The second-order valence-corrected chi connectivity index (χ2v) is 5.68. The summed E-state index contributed by atoms with van der Waals surface area (Å²) in [6.07, 6.45) is 1.55. The highest BCUT2D eigenvalue weighted by Crippen LogP contribution is 2.24. The van der Waals surface area contributed by atoms with Gasteiger partial charge < -0.3 is 16.4 Å². The van der Waals surface area contributed by atoms with Gasteiger partial charge >= 0.3 is 0 Å². The SMILES string of the molecule is C=C/C(N)=C(/N)N(C)CC1=NCC(c2ccccc2)=CS1. The molecular weight excluding hydrogens is 280 g/mol. The van der Waals surface area contributed by atoms with Crippen LogP contribution in [0.5, 0.6) is 0 Å². The van der Waals surface area contributed by atoms with Crippen LogP contribution in [-0.2, 0) is 0 Å². The summed E-state index contributed by atoms with van der Waals surface area (Å²) >= 11 is 1.63. The molecule has 4 nitrogen and oxygen atoms in total. The van der Waals surface area contributed by atoms with Crippen LogP contribution in [0.25, 0.3) is 5.57 Å². The molecule has 1 aromatic rings. The van der Waals surface area contributed by atoms with Gasteiger partial charge in [-0.15, -0.1) is 0 Å². The van der Waals surface area contributed by atoms with Crippen molar-refractivity contribution in [3.63, 3.8) is 0 Å². The summed E-state index contributed by atoms with van der Waals surface area (Å²) in [7, 11) is 1.89. The molecule has 5 heteroatoms. The van der Waals surface area contributed by atoms with Gasteiger partial charge in [-0.1, -0.05) is 48.7 Å². The Labute approximate surface area is 129 Å². The van der Waals surface area contributed by atoms with Crippen LogP contribution < -0.4 is 11.5 Å². The molecule has 4 N–H and O–H groups in total. The van der Waals surface area contributed by atoms with Crippen LogP contribution in [0.15, 0.2) is 64.9 Å². The maximum absolute atomic E-state index is 5.94. The molecule has 0 spiro atoms. The Morgan fingerprint density at radius 2 is 2.10 bits per heavy atom. The first-order chi connectivity index (χ1) is 10.1. The first-order valence-electron chi connectivity index (χ1n) is 6.65. The lowest BCUT2D eigenvalue weighted by Gasteiger charge is -2.22. The number of hydrogen-bond acceptors (Lipinski definition) is 5. The fourth-order valence-electron chi connectivity index (χ4n) is 1.90. The molecule has 1 aliphatic heterocycles. The van der Waals surface area contributed by atoms with Crippen LogP contribution in [0.3, 0.4) is 0 Å². The van der Waals surface area contributed by atoms with E-state index in [1.54, 1.807) is 17.8 Å². The zero-order valence-corrected chi connectivity index (χ0v) is 12.9. The molecule has 0 radical (unpaired) electrons. The molecule has 110 valence electrons. The van der Waals surface area contributed by atoms with E-state index in [9.17, 15) is 0 Å². The number of benzene rings is 1. The van der Waals surface area contributed by atoms with Gasteiger partial charge in [0.25, 0.3) is 0 Å². The Morgan fingerprint density at radius 1 is 1.38 bits per heavy atom. The normalized spacial score (nSPS) is 15.7. The van der Waals surface area contributed by atoms with Crippen LogP contribution in [-0.4, -0.2) is 30.1 Å². The molecule has 0 unspecified atom stereocenters. The summed E-state index contributed by atoms with van der Waals surface area (Å²) in [4.78, 5) is 6.50. The molecule has 0 aromatic heterocycles. The average molecular weight is 300 g/mol. The topological polar surface area (TPSA) is 67.6 Å². The fourth-order valence-corrected chi connectivity index (χ4v) is 2.80. The van der Waals surface area contributed by atoms with Crippen molar-refractivity contribution in [1.82, 2.24) is 4.90 Å². The van der Waals surface area contributed by atoms with Crippen molar-refractivity contribution in [3.05, 3.63) is 65.5 Å². The van der Waals surface area contributed by atoms with Crippen LogP contribution in [0.2, 0.25) is 0 Å². The third-order valence-corrected chi connectivity index (χ3v) is 4.14. The van der Waals surface area contributed by atoms with Crippen LogP contribution in [0.1, 0.15) is 5.56 Å². The number of rotatable bonds is 5. The van der Waals surface area contributed by atoms with Gasteiger partial charge in [0.1, 0.15) is 5.82 Å². The first kappa shape index (κ1) is 15.3. The lowest BCUT2D eigenvalue weighted by Crippen LogP contribution is -2.31. The van der Waals surface area contributed by atoms with Crippen LogP contribution in [0.4, 0.5) is 0 Å². The van der Waals surface area contributed by atoms with Crippen molar-refractivity contribution in [2.75, 3.05) is 20.1 Å². The van der Waals surface area contributed by atoms with Gasteiger partial charge in [0.2, 0.25) is 0 Å². The van der Waals surface area contributed by atoms with Gasteiger partial charge in [0, 0.05) is 7.05 Å². The Hall–Kier alpha value is -2.14. The predicted octanol–water partition coefficient (Wildman–Crippen LogP) is 2.38. The number of nitrogens with zero attached hydrogens (tertiary/aromatic N) is 2. The summed E-state index contributed by atoms with van der Waals surface area (Å²) in [6.45, 7) is 4.96. The highest BCUT2D eigenvalue weighted by Gasteiger charge is 2.12. The van der Waals surface area contributed by atoms with Gasteiger partial charge in [-0.2, -0.15) is 0 Å². The maximum atomic E-state index is 5.94. The molecule has 0 atom stereocenters. The van der Waals surface area contributed by atoms with E-state index in [1.807, 2.05) is 30.1 Å². The molecule has 21 heavy (non-hydrogen) atoms. The molecule has 0 amide bonds. The molecule has 0 saturated carbocycles. The van der Waals surface area contributed by atoms with E-state index in [0.717, 1.165) is 5.04 Å². The Morgan fingerprint density at radius 3 is 2.67 bits per heavy atom. The molecule has 0 saturated heterocycles. The van der Waals surface area contributed by atoms with Crippen LogP contribution in [0, 0.1) is 0 Å². The fraction of sp³-hybridized carbons (Fsp3) is 0.188. The monoisotopic (exact) mass is 300 g/mol. The third kappa shape index (κ3) is 3.92. The molecule has 1 aliphatic rings. The summed E-state index contributed by atoms with van der Waals surface area (Å²) in [5.74, 6) is 0.520. The Balaban J connectivity index is 1.98. The van der Waals surface area contributed by atoms with Crippen molar-refractivity contribution >= 4 is 22.4 Å². The summed E-state index contributed by atoms with van der Waals surface area (Å²) in [5, 5.41) is 3.18. The smallest absolute Gasteiger partial charge is 0.122 e. The standard InChI is InChI=1S/C16H20N4S/c1-3-14(17)16(18)20(2)10-15-19-9-13(11-21-15)12-7-5-4-6-8-12/h3-8,11H,1,9-10,17-18H2,2H3/b16-14+. The number of allylic oxidation sites excluding steroid dienone is 1. The summed E-state index contributed by atoms with van der Waals surface area (Å²) in [6, 6.07) is 10.3. The van der Waals surface area contributed by atoms with Gasteiger partial charge in [0.15, 0.2) is 0 Å². The number of nitrogens with two attached hydrogens (primary N) is 2. The number of thioether (sulfide) groups is 1. The molecule has 1 heterocycles. The lowest BCUT2D eigenvalue weighted by molar-refractivity contribution is 0.468. The largest absolute Gasteiger partial charge is 0.396 e. The first-order valence-corrected chi connectivity index (χ1v) is 7.53. The predicted molar refractivity (Wildman–Crippen MR) is 92.5 cm³/mol. The van der Waals surface area contributed by atoms with E-state index >= 15 is 0 Å². The average Bonchev–Trinajstić information content (AvgIpc) is 2.54. The molecular formula is C16H20N4S. The van der Waals surface area contributed by atoms with E-state index in [1.165, 1.54) is 11.1 Å². The third-order valence-electron chi connectivity index (χ3n) is 3.21. The van der Waals surface area contributed by atoms with E-state index in [4.69, 9.17) is 11.5 Å². The number of hydrogen-bond donors (Lipinski definition) is 2. The van der Waals surface area contributed by atoms with E-state index in [0.29, 0.717) is 24.6 Å². The second kappa shape index (κ2) is 7.04. The maximum Gasteiger partial charge on any atom is 0.122 e. The second-order valence-electron chi connectivity index (χ2n) is 4.74. The molecule has 2 rings (SSSR count). The number of aliphatic imine (C=N–C) groups is 1.